The van der Waals surface area contributed by atoms with Gasteiger partial charge >= 0.3 is 0 Å². The summed E-state index contributed by atoms with van der Waals surface area (Å²) in [6.07, 6.45) is 1.17. The van der Waals surface area contributed by atoms with Crippen LogP contribution in [0.3, 0.4) is 0 Å². The normalized spacial score (nSPS) is 13.2. The smallest absolute Gasteiger partial charge is 0.108 e. The molecule has 0 spiro atoms. The summed E-state index contributed by atoms with van der Waals surface area (Å²) in [6.45, 7) is 3.01. The maximum atomic E-state index is 5.14. The van der Waals surface area contributed by atoms with E-state index in [4.69, 9.17) is 4.74 Å². The highest BCUT2D eigenvalue weighted by atomic mass is 16.5. The Bertz CT molecular complexity index is 86.4. The first-order valence-electron chi connectivity index (χ1n) is 4.40. The third kappa shape index (κ3) is 6.54. The van der Waals surface area contributed by atoms with E-state index in [2.05, 4.69) is 16.0 Å². The quantitative estimate of drug-likeness (QED) is 0.340. The van der Waals surface area contributed by atoms with Gasteiger partial charge in [0.1, 0.15) is 6.23 Å². The third-order valence-corrected chi connectivity index (χ3v) is 1.74. The average Bonchev–Trinajstić information content (AvgIpc) is 2.11. The highest BCUT2D eigenvalue weighted by molar-refractivity contribution is 4.55. The van der Waals surface area contributed by atoms with Crippen LogP contribution in [0.25, 0.3) is 0 Å². The average molecular weight is 175 g/mol. The Morgan fingerprint density at radius 3 is 2.42 bits per heavy atom. The fourth-order valence-corrected chi connectivity index (χ4v) is 0.952. The SMILES string of the molecule is CNCCNCCC(NC)OC. The standard InChI is InChI=1S/C8H21N3O/c1-9-6-7-11-5-4-8(10-2)12-3/h8-11H,4-7H2,1-3H3. The van der Waals surface area contributed by atoms with Crippen molar-refractivity contribution < 1.29 is 4.74 Å². The number of hydrogen-bond donors (Lipinski definition) is 3. The third-order valence-electron chi connectivity index (χ3n) is 1.74. The molecule has 0 aromatic heterocycles. The van der Waals surface area contributed by atoms with Gasteiger partial charge in [-0.3, -0.25) is 5.32 Å². The molecular weight excluding hydrogens is 154 g/mol. The molecule has 3 N–H and O–H groups in total. The van der Waals surface area contributed by atoms with Gasteiger partial charge in [0.15, 0.2) is 0 Å². The second kappa shape index (κ2) is 8.93. The minimum absolute atomic E-state index is 0.173. The summed E-state index contributed by atoms with van der Waals surface area (Å²) >= 11 is 0. The molecule has 0 saturated carbocycles. The minimum atomic E-state index is 0.173. The van der Waals surface area contributed by atoms with Crippen molar-refractivity contribution in [2.75, 3.05) is 40.8 Å². The van der Waals surface area contributed by atoms with Crippen LogP contribution in [0.2, 0.25) is 0 Å². The fraction of sp³-hybridized carbons (Fsp3) is 1.00. The molecule has 0 rings (SSSR count). The lowest BCUT2D eigenvalue weighted by atomic mass is 10.3. The molecule has 0 radical (unpaired) electrons. The Balaban J connectivity index is 3.06. The van der Waals surface area contributed by atoms with E-state index in [0.29, 0.717) is 0 Å². The summed E-state index contributed by atoms with van der Waals surface area (Å²) in [5.74, 6) is 0. The van der Waals surface area contributed by atoms with Crippen LogP contribution in [0.15, 0.2) is 0 Å². The van der Waals surface area contributed by atoms with Gasteiger partial charge in [0, 0.05) is 20.2 Å². The summed E-state index contributed by atoms with van der Waals surface area (Å²) in [5, 5.41) is 9.44. The molecule has 0 fully saturated rings. The van der Waals surface area contributed by atoms with Gasteiger partial charge < -0.3 is 15.4 Å². The van der Waals surface area contributed by atoms with Crippen molar-refractivity contribution in [1.82, 2.24) is 16.0 Å². The first-order chi connectivity index (χ1) is 5.85. The molecular formula is C8H21N3O. The van der Waals surface area contributed by atoms with E-state index in [-0.39, 0.29) is 6.23 Å². The van der Waals surface area contributed by atoms with Crippen molar-refractivity contribution in [3.8, 4) is 0 Å². The maximum absolute atomic E-state index is 5.14. The number of nitrogens with one attached hydrogen (secondary N) is 3. The summed E-state index contributed by atoms with van der Waals surface area (Å²) in [5.41, 5.74) is 0. The first-order valence-corrected chi connectivity index (χ1v) is 4.40. The number of hydrogen-bond acceptors (Lipinski definition) is 4. The lowest BCUT2D eigenvalue weighted by molar-refractivity contribution is 0.0739. The second-order valence-corrected chi connectivity index (χ2v) is 2.66. The van der Waals surface area contributed by atoms with Crippen LogP contribution < -0.4 is 16.0 Å². The van der Waals surface area contributed by atoms with Gasteiger partial charge in [-0.1, -0.05) is 0 Å². The summed E-state index contributed by atoms with van der Waals surface area (Å²) in [6, 6.07) is 0. The van der Waals surface area contributed by atoms with Crippen LogP contribution in [0.4, 0.5) is 0 Å². The minimum Gasteiger partial charge on any atom is -0.367 e. The monoisotopic (exact) mass is 175 g/mol. The molecule has 0 aromatic carbocycles. The van der Waals surface area contributed by atoms with E-state index >= 15 is 0 Å². The fourth-order valence-electron chi connectivity index (χ4n) is 0.952. The summed E-state index contributed by atoms with van der Waals surface area (Å²) < 4.78 is 5.14. The molecule has 12 heavy (non-hydrogen) atoms. The van der Waals surface area contributed by atoms with E-state index in [1.54, 1.807) is 7.11 Å². The summed E-state index contributed by atoms with van der Waals surface area (Å²) in [7, 11) is 5.57. The number of ether oxygens (including phenoxy) is 1. The van der Waals surface area contributed by atoms with Crippen molar-refractivity contribution in [1.29, 1.82) is 0 Å². The zero-order valence-corrected chi connectivity index (χ0v) is 8.31. The molecule has 0 amide bonds. The van der Waals surface area contributed by atoms with Crippen LogP contribution in [-0.4, -0.2) is 47.1 Å². The highest BCUT2D eigenvalue weighted by Crippen LogP contribution is 1.88. The molecule has 4 nitrogen and oxygen atoms in total. The molecule has 0 heterocycles. The van der Waals surface area contributed by atoms with Crippen molar-refractivity contribution in [3.63, 3.8) is 0 Å². The lowest BCUT2D eigenvalue weighted by Gasteiger charge is -2.14. The number of methoxy groups -OCH3 is 1. The molecule has 0 aliphatic heterocycles. The molecule has 1 unspecified atom stereocenters. The van der Waals surface area contributed by atoms with Crippen LogP contribution in [0.5, 0.6) is 0 Å². The van der Waals surface area contributed by atoms with Gasteiger partial charge in [0.2, 0.25) is 0 Å². The molecule has 0 saturated heterocycles. The van der Waals surface area contributed by atoms with E-state index in [1.807, 2.05) is 14.1 Å². The van der Waals surface area contributed by atoms with E-state index in [0.717, 1.165) is 26.1 Å². The second-order valence-electron chi connectivity index (χ2n) is 2.66. The molecule has 1 atom stereocenters. The Hall–Kier alpha value is -0.160. The molecule has 74 valence electrons. The van der Waals surface area contributed by atoms with Crippen LogP contribution in [-0.2, 0) is 4.74 Å². The first kappa shape index (κ1) is 11.8. The molecule has 0 aliphatic carbocycles. The number of rotatable bonds is 8. The molecule has 0 bridgehead atoms. The van der Waals surface area contributed by atoms with E-state index < -0.39 is 0 Å². The highest BCUT2D eigenvalue weighted by Gasteiger charge is 2.00. The van der Waals surface area contributed by atoms with Gasteiger partial charge in [0.05, 0.1) is 0 Å². The van der Waals surface area contributed by atoms with Crippen molar-refractivity contribution in [2.24, 2.45) is 0 Å². The Morgan fingerprint density at radius 1 is 1.17 bits per heavy atom. The molecule has 0 aromatic rings. The Labute approximate surface area is 75.1 Å². The predicted octanol–water partition coefficient (Wildman–Crippen LogP) is -0.623. The zero-order chi connectivity index (χ0) is 9.23. The number of likely N-dealkylation sites (N-methyl/N-ethyl adjacent to an activating group) is 1. The van der Waals surface area contributed by atoms with Gasteiger partial charge in [-0.25, -0.2) is 0 Å². The van der Waals surface area contributed by atoms with Crippen molar-refractivity contribution in [3.05, 3.63) is 0 Å². The van der Waals surface area contributed by atoms with E-state index in [1.165, 1.54) is 0 Å². The van der Waals surface area contributed by atoms with Crippen molar-refractivity contribution >= 4 is 0 Å². The van der Waals surface area contributed by atoms with Crippen LogP contribution >= 0.6 is 0 Å². The topological polar surface area (TPSA) is 45.3 Å². The predicted molar refractivity (Wildman–Crippen MR) is 51.3 cm³/mol. The Morgan fingerprint density at radius 2 is 1.92 bits per heavy atom. The lowest BCUT2D eigenvalue weighted by Crippen LogP contribution is -2.33. The van der Waals surface area contributed by atoms with Gasteiger partial charge in [-0.05, 0) is 27.1 Å². The molecule has 4 heteroatoms. The zero-order valence-electron chi connectivity index (χ0n) is 8.31. The largest absolute Gasteiger partial charge is 0.367 e. The van der Waals surface area contributed by atoms with E-state index in [9.17, 15) is 0 Å². The van der Waals surface area contributed by atoms with Crippen molar-refractivity contribution in [2.45, 2.75) is 12.6 Å². The Kier molecular flexibility index (Phi) is 8.81. The van der Waals surface area contributed by atoms with Gasteiger partial charge in [-0.15, -0.1) is 0 Å². The van der Waals surface area contributed by atoms with Gasteiger partial charge in [0.25, 0.3) is 0 Å². The van der Waals surface area contributed by atoms with Crippen LogP contribution in [0.1, 0.15) is 6.42 Å². The summed E-state index contributed by atoms with van der Waals surface area (Å²) in [4.78, 5) is 0. The molecule has 0 aliphatic rings. The van der Waals surface area contributed by atoms with Crippen LogP contribution in [0, 0.1) is 0 Å². The maximum Gasteiger partial charge on any atom is 0.108 e. The van der Waals surface area contributed by atoms with Gasteiger partial charge in [-0.2, -0.15) is 0 Å².